The van der Waals surface area contributed by atoms with Crippen LogP contribution >= 0.6 is 0 Å². The average Bonchev–Trinajstić information content (AvgIpc) is 3.29. The molecule has 35 heavy (non-hydrogen) atoms. The number of halogens is 3. The van der Waals surface area contributed by atoms with Crippen LogP contribution < -0.4 is 10.2 Å². The van der Waals surface area contributed by atoms with Gasteiger partial charge in [0.15, 0.2) is 5.82 Å². The zero-order valence-corrected chi connectivity index (χ0v) is 20.4. The summed E-state index contributed by atoms with van der Waals surface area (Å²) in [6.07, 6.45) is 2.84. The normalized spacial score (nSPS) is 17.7. The standard InChI is InChI=1S/C25H30F3N5O2/c1-14(18-7-6-8-20(21(18)26)25(27,28)24(3,4)34)30-23-19-11-16(33-10-9-17(13-33)35-5)12-29-22(19)15(2)31-32-23/h6-8,11-12,14,17,34H,9-10,13H2,1-5H3,(H,30,32)/t14-,17+/m1/s1. The van der Waals surface area contributed by atoms with Gasteiger partial charge in [-0.05, 0) is 46.2 Å². The molecule has 2 aromatic heterocycles. The Morgan fingerprint density at radius 1 is 1.26 bits per heavy atom. The SMILES string of the molecule is CO[C@H]1CCN(c2cnc3c(C)nnc(N[C@H](C)c4cccc(C(F)(F)C(C)(C)O)c4F)c3c2)C1. The molecule has 0 saturated carbocycles. The number of fused-ring (bicyclic) bond motifs is 1. The summed E-state index contributed by atoms with van der Waals surface area (Å²) in [6, 6.07) is 5.00. The number of hydrogen-bond donors (Lipinski definition) is 2. The molecule has 0 spiro atoms. The third-order valence-corrected chi connectivity index (χ3v) is 6.57. The number of hydrogen-bond acceptors (Lipinski definition) is 7. The van der Waals surface area contributed by atoms with Gasteiger partial charge in [-0.2, -0.15) is 13.9 Å². The Morgan fingerprint density at radius 3 is 2.66 bits per heavy atom. The molecule has 1 fully saturated rings. The van der Waals surface area contributed by atoms with Crippen LogP contribution in [-0.2, 0) is 10.7 Å². The fourth-order valence-electron chi connectivity index (χ4n) is 4.32. The summed E-state index contributed by atoms with van der Waals surface area (Å²) >= 11 is 0. The fraction of sp³-hybridized carbons (Fsp3) is 0.480. The van der Waals surface area contributed by atoms with Gasteiger partial charge in [0.25, 0.3) is 0 Å². The summed E-state index contributed by atoms with van der Waals surface area (Å²) in [5.41, 5.74) is -1.09. The zero-order valence-electron chi connectivity index (χ0n) is 20.4. The van der Waals surface area contributed by atoms with Crippen LogP contribution in [0.4, 0.5) is 24.7 Å². The third kappa shape index (κ3) is 4.64. The lowest BCUT2D eigenvalue weighted by Crippen LogP contribution is -2.41. The van der Waals surface area contributed by atoms with E-state index in [4.69, 9.17) is 4.74 Å². The third-order valence-electron chi connectivity index (χ3n) is 6.57. The van der Waals surface area contributed by atoms with Crippen molar-refractivity contribution in [3.63, 3.8) is 0 Å². The summed E-state index contributed by atoms with van der Waals surface area (Å²) in [5.74, 6) is -4.49. The molecule has 7 nitrogen and oxygen atoms in total. The van der Waals surface area contributed by atoms with E-state index in [-0.39, 0.29) is 11.7 Å². The van der Waals surface area contributed by atoms with E-state index in [0.29, 0.717) is 22.4 Å². The molecule has 0 unspecified atom stereocenters. The number of methoxy groups -OCH3 is 1. The molecule has 3 heterocycles. The average molecular weight is 490 g/mol. The summed E-state index contributed by atoms with van der Waals surface area (Å²) < 4.78 is 50.2. The first-order chi connectivity index (χ1) is 16.4. The number of rotatable bonds is 7. The van der Waals surface area contributed by atoms with Crippen molar-refractivity contribution in [2.24, 2.45) is 0 Å². The van der Waals surface area contributed by atoms with Crippen molar-refractivity contribution in [2.75, 3.05) is 30.4 Å². The maximum atomic E-state index is 15.3. The fourth-order valence-corrected chi connectivity index (χ4v) is 4.32. The molecular weight excluding hydrogens is 459 g/mol. The highest BCUT2D eigenvalue weighted by Crippen LogP contribution is 2.41. The Kier molecular flexibility index (Phi) is 6.63. The van der Waals surface area contributed by atoms with Gasteiger partial charge < -0.3 is 20.1 Å². The lowest BCUT2D eigenvalue weighted by atomic mass is 9.91. The van der Waals surface area contributed by atoms with Crippen molar-refractivity contribution in [3.05, 3.63) is 53.1 Å². The van der Waals surface area contributed by atoms with Gasteiger partial charge in [-0.1, -0.05) is 12.1 Å². The van der Waals surface area contributed by atoms with E-state index >= 15 is 4.39 Å². The first-order valence-electron chi connectivity index (χ1n) is 11.5. The molecule has 4 rings (SSSR count). The van der Waals surface area contributed by atoms with Crippen molar-refractivity contribution in [1.82, 2.24) is 15.2 Å². The molecule has 2 atom stereocenters. The second-order valence-electron chi connectivity index (χ2n) is 9.52. The first kappa shape index (κ1) is 25.1. The van der Waals surface area contributed by atoms with Crippen LogP contribution in [0.2, 0.25) is 0 Å². The Labute approximate surface area is 202 Å². The molecule has 0 radical (unpaired) electrons. The second-order valence-corrected chi connectivity index (χ2v) is 9.52. The summed E-state index contributed by atoms with van der Waals surface area (Å²) in [5, 5.41) is 22.1. The van der Waals surface area contributed by atoms with Gasteiger partial charge in [-0.3, -0.25) is 4.98 Å². The van der Waals surface area contributed by atoms with Crippen LogP contribution in [0, 0.1) is 12.7 Å². The summed E-state index contributed by atoms with van der Waals surface area (Å²) in [6.45, 7) is 6.93. The van der Waals surface area contributed by atoms with Gasteiger partial charge in [0.05, 0.1) is 40.8 Å². The van der Waals surface area contributed by atoms with Crippen molar-refractivity contribution >= 4 is 22.4 Å². The minimum Gasteiger partial charge on any atom is -0.384 e. The van der Waals surface area contributed by atoms with E-state index in [9.17, 15) is 13.9 Å². The lowest BCUT2D eigenvalue weighted by Gasteiger charge is -2.30. The Balaban J connectivity index is 1.69. The predicted octanol–water partition coefficient (Wildman–Crippen LogP) is 4.73. The summed E-state index contributed by atoms with van der Waals surface area (Å²) in [4.78, 5) is 6.75. The van der Waals surface area contributed by atoms with E-state index < -0.39 is 28.9 Å². The Bertz CT molecular complexity index is 1230. The molecule has 2 N–H and O–H groups in total. The van der Waals surface area contributed by atoms with Gasteiger partial charge in [0.1, 0.15) is 11.4 Å². The number of ether oxygens (including phenoxy) is 1. The summed E-state index contributed by atoms with van der Waals surface area (Å²) in [7, 11) is 1.70. The van der Waals surface area contributed by atoms with Crippen LogP contribution in [0.15, 0.2) is 30.5 Å². The number of nitrogens with one attached hydrogen (secondary N) is 1. The van der Waals surface area contributed by atoms with Gasteiger partial charge in [0.2, 0.25) is 0 Å². The highest BCUT2D eigenvalue weighted by Gasteiger charge is 2.49. The van der Waals surface area contributed by atoms with E-state index in [1.807, 2.05) is 6.07 Å². The minimum atomic E-state index is -3.78. The zero-order chi connectivity index (χ0) is 25.5. The topological polar surface area (TPSA) is 83.4 Å². The van der Waals surface area contributed by atoms with Gasteiger partial charge in [0, 0.05) is 31.1 Å². The molecule has 0 aliphatic carbocycles. The Morgan fingerprint density at radius 2 is 2.00 bits per heavy atom. The highest BCUT2D eigenvalue weighted by molar-refractivity contribution is 5.92. The molecular formula is C25H30F3N5O2. The van der Waals surface area contributed by atoms with E-state index in [2.05, 4.69) is 25.4 Å². The monoisotopic (exact) mass is 489 g/mol. The van der Waals surface area contributed by atoms with Gasteiger partial charge >= 0.3 is 5.92 Å². The second kappa shape index (κ2) is 9.23. The molecule has 1 aliphatic rings. The molecule has 10 heteroatoms. The number of pyridine rings is 1. The number of aliphatic hydroxyl groups is 1. The van der Waals surface area contributed by atoms with Gasteiger partial charge in [-0.15, -0.1) is 5.10 Å². The van der Waals surface area contributed by atoms with Crippen LogP contribution in [0.5, 0.6) is 0 Å². The molecule has 3 aromatic rings. The van der Waals surface area contributed by atoms with Crippen LogP contribution in [0.25, 0.3) is 10.9 Å². The van der Waals surface area contributed by atoms with Crippen molar-refractivity contribution in [3.8, 4) is 0 Å². The quantitative estimate of drug-likeness (QED) is 0.496. The van der Waals surface area contributed by atoms with Crippen LogP contribution in [0.1, 0.15) is 50.1 Å². The first-order valence-corrected chi connectivity index (χ1v) is 11.5. The molecule has 1 saturated heterocycles. The van der Waals surface area contributed by atoms with Crippen LogP contribution in [0.3, 0.4) is 0 Å². The van der Waals surface area contributed by atoms with E-state index in [1.165, 1.54) is 12.1 Å². The number of alkyl halides is 2. The maximum absolute atomic E-state index is 15.3. The highest BCUT2D eigenvalue weighted by atomic mass is 19.3. The van der Waals surface area contributed by atoms with E-state index in [1.54, 1.807) is 27.2 Å². The minimum absolute atomic E-state index is 0.0218. The molecule has 1 aliphatic heterocycles. The van der Waals surface area contributed by atoms with Crippen molar-refractivity contribution < 1.29 is 23.0 Å². The number of benzene rings is 1. The number of aromatic nitrogens is 3. The van der Waals surface area contributed by atoms with Crippen LogP contribution in [-0.4, -0.2) is 52.2 Å². The molecule has 1 aromatic carbocycles. The lowest BCUT2D eigenvalue weighted by molar-refractivity contribution is -0.170. The van der Waals surface area contributed by atoms with E-state index in [0.717, 1.165) is 45.1 Å². The Hall–Kier alpha value is -2.98. The molecule has 0 amide bonds. The maximum Gasteiger partial charge on any atom is 0.303 e. The molecule has 188 valence electrons. The number of nitrogens with zero attached hydrogens (tertiary/aromatic N) is 4. The number of anilines is 2. The van der Waals surface area contributed by atoms with Crippen molar-refractivity contribution in [1.29, 1.82) is 0 Å². The molecule has 0 bridgehead atoms. The predicted molar refractivity (Wildman–Crippen MR) is 128 cm³/mol. The number of aryl methyl sites for hydroxylation is 1. The smallest absolute Gasteiger partial charge is 0.303 e. The van der Waals surface area contributed by atoms with Crippen molar-refractivity contribution in [2.45, 2.75) is 57.8 Å². The largest absolute Gasteiger partial charge is 0.384 e. The van der Waals surface area contributed by atoms with Gasteiger partial charge in [-0.25, -0.2) is 4.39 Å².